The van der Waals surface area contributed by atoms with E-state index in [1.54, 1.807) is 13.4 Å². The summed E-state index contributed by atoms with van der Waals surface area (Å²) < 4.78 is 11.0. The van der Waals surface area contributed by atoms with Crippen LogP contribution in [0.3, 0.4) is 0 Å². The summed E-state index contributed by atoms with van der Waals surface area (Å²) in [4.78, 5) is 15.3. The van der Waals surface area contributed by atoms with E-state index in [2.05, 4.69) is 44.3 Å². The number of carbonyl (C=O) groups excluding carboxylic acids is 1. The Kier molecular flexibility index (Phi) is 5.09. The fourth-order valence-corrected chi connectivity index (χ4v) is 7.17. The monoisotopic (exact) mass is 405 g/mol. The Labute approximate surface area is 173 Å². The Morgan fingerprint density at radius 2 is 1.69 bits per heavy atom. The van der Waals surface area contributed by atoms with Crippen molar-refractivity contribution in [3.05, 3.63) is 78.8 Å². The van der Waals surface area contributed by atoms with Crippen LogP contribution in [0.5, 0.6) is 5.75 Å². The van der Waals surface area contributed by atoms with Crippen LogP contribution in [0.25, 0.3) is 0 Å². The lowest BCUT2D eigenvalue weighted by Crippen LogP contribution is -2.61. The SMILES string of the molecule is COc1ccc(N2C(=O)[C@H]([C@@H](C)[Si](C)(C)c3ccccc3)[C@H]2c2ccco2)cc1. The van der Waals surface area contributed by atoms with Crippen molar-refractivity contribution in [3.8, 4) is 5.75 Å². The maximum Gasteiger partial charge on any atom is 0.233 e. The number of nitrogens with zero attached hydrogens (tertiary/aromatic N) is 1. The first-order valence-corrected chi connectivity index (χ1v) is 13.1. The van der Waals surface area contributed by atoms with Crippen LogP contribution in [-0.4, -0.2) is 21.1 Å². The molecule has 1 amide bonds. The molecule has 0 saturated carbocycles. The number of furan rings is 1. The molecular formula is C24H27NO3Si. The molecule has 150 valence electrons. The minimum absolute atomic E-state index is 0.0867. The Balaban J connectivity index is 1.69. The molecule has 0 N–H and O–H groups in total. The molecule has 1 aliphatic rings. The quantitative estimate of drug-likeness (QED) is 0.428. The van der Waals surface area contributed by atoms with Gasteiger partial charge in [0.05, 0.1) is 27.4 Å². The van der Waals surface area contributed by atoms with Crippen molar-refractivity contribution in [2.24, 2.45) is 5.92 Å². The van der Waals surface area contributed by atoms with Gasteiger partial charge in [-0.15, -0.1) is 0 Å². The molecule has 2 aromatic carbocycles. The summed E-state index contributed by atoms with van der Waals surface area (Å²) in [7, 11) is -0.224. The molecule has 0 unspecified atom stereocenters. The minimum atomic E-state index is -1.87. The predicted octanol–water partition coefficient (Wildman–Crippen LogP) is 5.00. The topological polar surface area (TPSA) is 42.7 Å². The molecule has 0 spiro atoms. The van der Waals surface area contributed by atoms with Gasteiger partial charge in [-0.1, -0.05) is 55.5 Å². The van der Waals surface area contributed by atoms with Gasteiger partial charge in [0.15, 0.2) is 0 Å². The van der Waals surface area contributed by atoms with Crippen LogP contribution in [0.2, 0.25) is 18.6 Å². The largest absolute Gasteiger partial charge is 0.497 e. The first kappa shape index (κ1) is 19.5. The lowest BCUT2D eigenvalue weighted by molar-refractivity contribution is -0.131. The second-order valence-corrected chi connectivity index (χ2v) is 13.2. The van der Waals surface area contributed by atoms with Crippen molar-refractivity contribution >= 4 is 24.9 Å². The van der Waals surface area contributed by atoms with Crippen LogP contribution in [0.4, 0.5) is 5.69 Å². The zero-order chi connectivity index (χ0) is 20.6. The molecule has 29 heavy (non-hydrogen) atoms. The number of anilines is 1. The van der Waals surface area contributed by atoms with Gasteiger partial charge in [-0.05, 0) is 41.9 Å². The van der Waals surface area contributed by atoms with E-state index < -0.39 is 8.07 Å². The summed E-state index contributed by atoms with van der Waals surface area (Å²) in [6.45, 7) is 6.95. The van der Waals surface area contributed by atoms with E-state index in [-0.39, 0.29) is 23.4 Å². The van der Waals surface area contributed by atoms with Gasteiger partial charge in [0, 0.05) is 5.69 Å². The number of carbonyl (C=O) groups is 1. The number of ether oxygens (including phenoxy) is 1. The number of amides is 1. The van der Waals surface area contributed by atoms with Crippen LogP contribution in [0.1, 0.15) is 18.7 Å². The van der Waals surface area contributed by atoms with Gasteiger partial charge in [-0.2, -0.15) is 0 Å². The molecule has 0 aliphatic carbocycles. The third-order valence-electron chi connectivity index (χ3n) is 6.52. The Bertz CT molecular complexity index is 967. The highest BCUT2D eigenvalue weighted by Gasteiger charge is 2.56. The number of benzene rings is 2. The van der Waals surface area contributed by atoms with Crippen molar-refractivity contribution in [1.82, 2.24) is 0 Å². The van der Waals surface area contributed by atoms with Crippen molar-refractivity contribution in [1.29, 1.82) is 0 Å². The highest BCUT2D eigenvalue weighted by molar-refractivity contribution is 6.91. The van der Waals surface area contributed by atoms with Crippen LogP contribution in [-0.2, 0) is 4.79 Å². The molecule has 1 fully saturated rings. The van der Waals surface area contributed by atoms with Crippen molar-refractivity contribution in [2.75, 3.05) is 12.0 Å². The molecule has 2 heterocycles. The molecule has 4 nitrogen and oxygen atoms in total. The lowest BCUT2D eigenvalue weighted by atomic mass is 9.82. The number of rotatable bonds is 6. The third-order valence-corrected chi connectivity index (χ3v) is 11.0. The number of hydrogen-bond donors (Lipinski definition) is 0. The second kappa shape index (κ2) is 7.56. The first-order chi connectivity index (χ1) is 13.9. The number of methoxy groups -OCH3 is 1. The molecule has 5 heteroatoms. The number of β-lactam (4-membered cyclic amide) rings is 1. The molecule has 3 aromatic rings. The van der Waals surface area contributed by atoms with Gasteiger partial charge in [-0.3, -0.25) is 4.79 Å². The predicted molar refractivity (Wildman–Crippen MR) is 118 cm³/mol. The van der Waals surface area contributed by atoms with E-state index in [0.29, 0.717) is 0 Å². The maximum absolute atomic E-state index is 13.4. The molecule has 1 aromatic heterocycles. The highest BCUT2D eigenvalue weighted by Crippen LogP contribution is 2.51. The van der Waals surface area contributed by atoms with E-state index in [0.717, 1.165) is 17.2 Å². The molecule has 1 saturated heterocycles. The van der Waals surface area contributed by atoms with Gasteiger partial charge >= 0.3 is 0 Å². The van der Waals surface area contributed by atoms with Crippen molar-refractivity contribution in [3.63, 3.8) is 0 Å². The fourth-order valence-electron chi connectivity index (χ4n) is 4.37. The van der Waals surface area contributed by atoms with E-state index in [1.807, 2.05) is 47.4 Å². The Morgan fingerprint density at radius 1 is 1.00 bits per heavy atom. The Hall–Kier alpha value is -2.79. The zero-order valence-corrected chi connectivity index (χ0v) is 18.3. The standard InChI is InChI=1S/C24H27NO3Si/c1-17(29(3,4)20-9-6-5-7-10-20)22-23(21-11-8-16-28-21)25(24(22)26)18-12-14-19(27-2)15-13-18/h5-17,22-23H,1-4H3/t17-,22-,23-/m1/s1. The second-order valence-electron chi connectivity index (χ2n) is 8.27. The molecule has 0 bridgehead atoms. The van der Waals surface area contributed by atoms with Crippen LogP contribution < -0.4 is 14.8 Å². The zero-order valence-electron chi connectivity index (χ0n) is 17.3. The first-order valence-electron chi connectivity index (χ1n) is 10.0. The van der Waals surface area contributed by atoms with E-state index >= 15 is 0 Å². The summed E-state index contributed by atoms with van der Waals surface area (Å²) in [5.74, 6) is 1.69. The van der Waals surface area contributed by atoms with Crippen LogP contribution in [0, 0.1) is 5.92 Å². The summed E-state index contributed by atoms with van der Waals surface area (Å²) in [5, 5.41) is 1.38. The third kappa shape index (κ3) is 3.29. The van der Waals surface area contributed by atoms with Gasteiger partial charge in [-0.25, -0.2) is 0 Å². The van der Waals surface area contributed by atoms with Crippen molar-refractivity contribution in [2.45, 2.75) is 31.6 Å². The molecule has 1 aliphatic heterocycles. The van der Waals surface area contributed by atoms with Crippen LogP contribution >= 0.6 is 0 Å². The van der Waals surface area contributed by atoms with E-state index in [4.69, 9.17) is 9.15 Å². The van der Waals surface area contributed by atoms with Gasteiger partial charge in [0.2, 0.25) is 5.91 Å². The smallest absolute Gasteiger partial charge is 0.233 e. The molecule has 4 rings (SSSR count). The average Bonchev–Trinajstić information content (AvgIpc) is 3.27. The molecule has 3 atom stereocenters. The summed E-state index contributed by atoms with van der Waals surface area (Å²) in [6.07, 6.45) is 1.69. The highest BCUT2D eigenvalue weighted by atomic mass is 28.3. The normalized spacial score (nSPS) is 20.3. The van der Waals surface area contributed by atoms with Gasteiger partial charge in [0.1, 0.15) is 17.6 Å². The van der Waals surface area contributed by atoms with E-state index in [9.17, 15) is 4.79 Å². The molecule has 0 radical (unpaired) electrons. The minimum Gasteiger partial charge on any atom is -0.497 e. The maximum atomic E-state index is 13.4. The Morgan fingerprint density at radius 3 is 2.28 bits per heavy atom. The average molecular weight is 406 g/mol. The summed E-state index contributed by atoms with van der Waals surface area (Å²) in [5.41, 5.74) is 1.14. The van der Waals surface area contributed by atoms with Crippen molar-refractivity contribution < 1.29 is 13.9 Å². The van der Waals surface area contributed by atoms with Gasteiger partial charge in [0.25, 0.3) is 0 Å². The number of hydrogen-bond acceptors (Lipinski definition) is 3. The van der Waals surface area contributed by atoms with Gasteiger partial charge < -0.3 is 14.1 Å². The summed E-state index contributed by atoms with van der Waals surface area (Å²) >= 11 is 0. The van der Waals surface area contributed by atoms with E-state index in [1.165, 1.54) is 5.19 Å². The lowest BCUT2D eigenvalue weighted by Gasteiger charge is -2.51. The molecular weight excluding hydrogens is 378 g/mol. The summed E-state index contributed by atoms with van der Waals surface area (Å²) in [6, 6.07) is 22.1. The van der Waals surface area contributed by atoms with Crippen LogP contribution in [0.15, 0.2) is 77.4 Å². The fraction of sp³-hybridized carbons (Fsp3) is 0.292.